The number of amides is 1. The van der Waals surface area contributed by atoms with Gasteiger partial charge in [0.15, 0.2) is 0 Å². The van der Waals surface area contributed by atoms with Crippen LogP contribution in [0.2, 0.25) is 0 Å². The van der Waals surface area contributed by atoms with Gasteiger partial charge in [0.1, 0.15) is 0 Å². The topological polar surface area (TPSA) is 113 Å². The maximum absolute atomic E-state index is 12.1. The summed E-state index contributed by atoms with van der Waals surface area (Å²) in [5, 5.41) is 10.9. The Bertz CT molecular complexity index is 645. The van der Waals surface area contributed by atoms with Crippen LogP contribution in [0.5, 0.6) is 0 Å². The molecule has 0 heterocycles. The Kier molecular flexibility index (Phi) is 5.67. The van der Waals surface area contributed by atoms with Crippen LogP contribution in [-0.4, -0.2) is 37.5 Å². The number of hydrogen-bond acceptors (Lipinski definition) is 4. The largest absolute Gasteiger partial charge is 0.481 e. The molecule has 0 atom stereocenters. The van der Waals surface area contributed by atoms with Gasteiger partial charge in [0.25, 0.3) is 5.91 Å². The Balaban J connectivity index is 2.78. The molecule has 0 bridgehead atoms. The van der Waals surface area contributed by atoms with Crippen molar-refractivity contribution in [2.45, 2.75) is 37.6 Å². The van der Waals surface area contributed by atoms with Crippen LogP contribution in [0.3, 0.4) is 0 Å². The Morgan fingerprint density at radius 1 is 1.14 bits per heavy atom. The summed E-state index contributed by atoms with van der Waals surface area (Å²) in [4.78, 5) is 22.2. The number of carbonyl (C=O) groups excluding carboxylic acids is 1. The van der Waals surface area contributed by atoms with Crippen molar-refractivity contribution in [3.63, 3.8) is 0 Å². The van der Waals surface area contributed by atoms with Crippen molar-refractivity contribution < 1.29 is 23.1 Å². The molecule has 3 N–H and O–H groups in total. The van der Waals surface area contributed by atoms with Crippen LogP contribution in [0.1, 0.15) is 37.6 Å². The van der Waals surface area contributed by atoms with E-state index in [1.54, 1.807) is 20.8 Å². The molecule has 0 fully saturated rings. The molecular weight excluding hydrogens is 308 g/mol. The second-order valence-electron chi connectivity index (χ2n) is 5.78. The van der Waals surface area contributed by atoms with Gasteiger partial charge in [-0.2, -0.15) is 0 Å². The summed E-state index contributed by atoms with van der Waals surface area (Å²) < 4.78 is 26.7. The third-order valence-corrected chi connectivity index (χ3v) is 4.27. The van der Waals surface area contributed by atoms with Crippen LogP contribution < -0.4 is 10.0 Å². The molecule has 0 saturated carbocycles. The molecular formula is C14H20N2O5S. The first-order valence-corrected chi connectivity index (χ1v) is 8.14. The molecule has 0 saturated heterocycles. The molecule has 1 amide bonds. The molecule has 0 aromatic heterocycles. The first-order valence-electron chi connectivity index (χ1n) is 6.65. The average molecular weight is 328 g/mol. The number of carbonyl (C=O) groups is 2. The van der Waals surface area contributed by atoms with Crippen LogP contribution in [0, 0.1) is 0 Å². The average Bonchev–Trinajstić information content (AvgIpc) is 2.35. The summed E-state index contributed by atoms with van der Waals surface area (Å²) >= 11 is 0. The van der Waals surface area contributed by atoms with Gasteiger partial charge >= 0.3 is 5.97 Å². The quantitative estimate of drug-likeness (QED) is 0.720. The lowest BCUT2D eigenvalue weighted by Gasteiger charge is -2.20. The maximum Gasteiger partial charge on any atom is 0.305 e. The molecule has 1 aromatic rings. The molecule has 0 unspecified atom stereocenters. The minimum atomic E-state index is -3.65. The normalized spacial score (nSPS) is 12.0. The zero-order valence-corrected chi connectivity index (χ0v) is 13.5. The van der Waals surface area contributed by atoms with Crippen molar-refractivity contribution >= 4 is 21.9 Å². The number of hydrogen-bond donors (Lipinski definition) is 3. The van der Waals surface area contributed by atoms with E-state index in [4.69, 9.17) is 5.11 Å². The number of rotatable bonds is 6. The minimum Gasteiger partial charge on any atom is -0.481 e. The Morgan fingerprint density at radius 3 is 2.14 bits per heavy atom. The van der Waals surface area contributed by atoms with Crippen LogP contribution in [0.25, 0.3) is 0 Å². The van der Waals surface area contributed by atoms with Crippen molar-refractivity contribution in [2.75, 3.05) is 6.54 Å². The zero-order chi connectivity index (χ0) is 17.0. The lowest BCUT2D eigenvalue weighted by molar-refractivity contribution is -0.136. The van der Waals surface area contributed by atoms with E-state index in [1.165, 1.54) is 24.3 Å². The van der Waals surface area contributed by atoms with E-state index < -0.39 is 27.4 Å². The fraction of sp³-hybridized carbons (Fsp3) is 0.429. The Hall–Kier alpha value is -1.93. The number of carboxylic acid groups (broad SMARTS) is 1. The van der Waals surface area contributed by atoms with E-state index in [-0.39, 0.29) is 23.4 Å². The smallest absolute Gasteiger partial charge is 0.305 e. The SMILES string of the molecule is CC(C)(C)NS(=O)(=O)c1ccc(C(=O)NCCC(=O)O)cc1. The molecule has 0 spiro atoms. The van der Waals surface area contributed by atoms with Crippen LogP contribution in [-0.2, 0) is 14.8 Å². The van der Waals surface area contributed by atoms with Crippen LogP contribution in [0.15, 0.2) is 29.2 Å². The van der Waals surface area contributed by atoms with Gasteiger partial charge in [-0.15, -0.1) is 0 Å². The summed E-state index contributed by atoms with van der Waals surface area (Å²) in [5.74, 6) is -1.45. The Labute approximate surface area is 129 Å². The molecule has 8 heteroatoms. The predicted molar refractivity (Wildman–Crippen MR) is 81.1 cm³/mol. The second kappa shape index (κ2) is 6.89. The van der Waals surface area contributed by atoms with E-state index in [0.29, 0.717) is 0 Å². The number of aliphatic carboxylic acids is 1. The van der Waals surface area contributed by atoms with Crippen molar-refractivity contribution in [3.8, 4) is 0 Å². The molecule has 0 aliphatic heterocycles. The Morgan fingerprint density at radius 2 is 1.68 bits per heavy atom. The fourth-order valence-corrected chi connectivity index (χ4v) is 3.05. The van der Waals surface area contributed by atoms with E-state index >= 15 is 0 Å². The first kappa shape index (κ1) is 18.1. The summed E-state index contributed by atoms with van der Waals surface area (Å²) in [6, 6.07) is 5.43. The summed E-state index contributed by atoms with van der Waals surface area (Å²) in [5.41, 5.74) is -0.341. The van der Waals surface area contributed by atoms with Gasteiger partial charge in [-0.05, 0) is 45.0 Å². The monoisotopic (exact) mass is 328 g/mol. The molecule has 7 nitrogen and oxygen atoms in total. The van der Waals surface area contributed by atoms with Gasteiger partial charge in [-0.25, -0.2) is 13.1 Å². The molecule has 1 rings (SSSR count). The van der Waals surface area contributed by atoms with E-state index in [9.17, 15) is 18.0 Å². The maximum atomic E-state index is 12.1. The third-order valence-electron chi connectivity index (χ3n) is 2.49. The molecule has 0 aliphatic carbocycles. The number of benzene rings is 1. The molecule has 0 aliphatic rings. The van der Waals surface area contributed by atoms with Crippen molar-refractivity contribution in [1.29, 1.82) is 0 Å². The molecule has 122 valence electrons. The number of carboxylic acids is 1. The van der Waals surface area contributed by atoms with E-state index in [1.807, 2.05) is 0 Å². The highest BCUT2D eigenvalue weighted by Crippen LogP contribution is 2.13. The first-order chi connectivity index (χ1) is 10.0. The fourth-order valence-electron chi connectivity index (χ4n) is 1.63. The van der Waals surface area contributed by atoms with Crippen LogP contribution in [0.4, 0.5) is 0 Å². The van der Waals surface area contributed by atoms with Gasteiger partial charge < -0.3 is 10.4 Å². The van der Waals surface area contributed by atoms with Gasteiger partial charge in [0.05, 0.1) is 11.3 Å². The lowest BCUT2D eigenvalue weighted by Crippen LogP contribution is -2.40. The highest BCUT2D eigenvalue weighted by atomic mass is 32.2. The minimum absolute atomic E-state index is 0.0137. The summed E-state index contributed by atoms with van der Waals surface area (Å²) in [7, 11) is -3.65. The molecule has 1 aromatic carbocycles. The molecule has 22 heavy (non-hydrogen) atoms. The standard InChI is InChI=1S/C14H20N2O5S/c1-14(2,3)16-22(20,21)11-6-4-10(5-7-11)13(19)15-9-8-12(17)18/h4-7,16H,8-9H2,1-3H3,(H,15,19)(H,17,18). The van der Waals surface area contributed by atoms with E-state index in [0.717, 1.165) is 0 Å². The lowest BCUT2D eigenvalue weighted by atomic mass is 10.1. The highest BCUT2D eigenvalue weighted by Gasteiger charge is 2.22. The molecule has 0 radical (unpaired) electrons. The second-order valence-corrected chi connectivity index (χ2v) is 7.46. The van der Waals surface area contributed by atoms with Crippen molar-refractivity contribution in [1.82, 2.24) is 10.0 Å². The summed E-state index contributed by atoms with van der Waals surface area (Å²) in [6.07, 6.45) is -0.173. The number of sulfonamides is 1. The van der Waals surface area contributed by atoms with Gasteiger partial charge in [-0.3, -0.25) is 9.59 Å². The van der Waals surface area contributed by atoms with Gasteiger partial charge in [0.2, 0.25) is 10.0 Å². The third kappa shape index (κ3) is 5.82. The van der Waals surface area contributed by atoms with Gasteiger partial charge in [-0.1, -0.05) is 0 Å². The van der Waals surface area contributed by atoms with Crippen molar-refractivity contribution in [2.24, 2.45) is 0 Å². The number of nitrogens with one attached hydrogen (secondary N) is 2. The zero-order valence-electron chi connectivity index (χ0n) is 12.7. The summed E-state index contributed by atoms with van der Waals surface area (Å²) in [6.45, 7) is 5.21. The predicted octanol–water partition coefficient (Wildman–Crippen LogP) is 0.968. The van der Waals surface area contributed by atoms with Crippen LogP contribution >= 0.6 is 0 Å². The van der Waals surface area contributed by atoms with Gasteiger partial charge in [0, 0.05) is 17.6 Å². The van der Waals surface area contributed by atoms with Crippen molar-refractivity contribution in [3.05, 3.63) is 29.8 Å². The highest BCUT2D eigenvalue weighted by molar-refractivity contribution is 7.89. The van der Waals surface area contributed by atoms with E-state index in [2.05, 4.69) is 10.0 Å².